The van der Waals surface area contributed by atoms with Gasteiger partial charge in [-0.1, -0.05) is 18.7 Å². The average Bonchev–Trinajstić information content (AvgIpc) is 2.76. The number of carbonyl (C=O) groups excluding carboxylic acids is 1. The van der Waals surface area contributed by atoms with Crippen molar-refractivity contribution in [1.29, 1.82) is 0 Å². The van der Waals surface area contributed by atoms with Gasteiger partial charge >= 0.3 is 0 Å². The first kappa shape index (κ1) is 21.7. The number of benzene rings is 1. The molecule has 160 valence electrons. The van der Waals surface area contributed by atoms with Crippen molar-refractivity contribution < 1.29 is 4.79 Å². The summed E-state index contributed by atoms with van der Waals surface area (Å²) in [7, 11) is 4.23. The van der Waals surface area contributed by atoms with Crippen LogP contribution in [0.2, 0.25) is 0 Å². The molecule has 3 rings (SSSR count). The molecule has 0 bridgehead atoms. The molecule has 30 heavy (non-hydrogen) atoms. The van der Waals surface area contributed by atoms with Crippen molar-refractivity contribution in [2.24, 2.45) is 0 Å². The molecule has 1 aliphatic rings. The number of hydrogen-bond acceptors (Lipinski definition) is 7. The van der Waals surface area contributed by atoms with Gasteiger partial charge in [0.05, 0.1) is 11.4 Å². The van der Waals surface area contributed by atoms with Crippen LogP contribution in [-0.2, 0) is 4.79 Å². The normalized spacial score (nSPS) is 14.9. The number of nitrogens with one attached hydrogen (secondary N) is 2. The number of rotatable bonds is 9. The van der Waals surface area contributed by atoms with E-state index in [2.05, 4.69) is 48.9 Å². The van der Waals surface area contributed by atoms with Crippen molar-refractivity contribution in [2.75, 3.05) is 68.9 Å². The Labute approximate surface area is 178 Å². The molecular weight excluding hydrogens is 378 g/mol. The van der Waals surface area contributed by atoms with Crippen LogP contribution in [0.4, 0.5) is 23.0 Å². The standard InChI is InChI=1S/C22H31N7O/c1-4-22(30)26-19-9-6-5-8-18(19)25-20-16-21(24-17-23-20)28(3)10-7-11-29-14-12-27(2)13-15-29/h4-6,8-9,16-17H,1,7,10-15H2,2-3H3,(H,26,30)(H,23,24,25). The molecule has 0 unspecified atom stereocenters. The van der Waals surface area contributed by atoms with Gasteiger partial charge in [0.25, 0.3) is 0 Å². The van der Waals surface area contributed by atoms with Crippen LogP contribution in [-0.4, -0.2) is 79.0 Å². The highest BCUT2D eigenvalue weighted by Crippen LogP contribution is 2.25. The summed E-state index contributed by atoms with van der Waals surface area (Å²) in [5.41, 5.74) is 1.43. The largest absolute Gasteiger partial charge is 0.359 e. The Kier molecular flexibility index (Phi) is 7.75. The van der Waals surface area contributed by atoms with Crippen LogP contribution >= 0.6 is 0 Å². The lowest BCUT2D eigenvalue weighted by molar-refractivity contribution is -0.111. The summed E-state index contributed by atoms with van der Waals surface area (Å²) >= 11 is 0. The predicted octanol–water partition coefficient (Wildman–Crippen LogP) is 2.42. The fourth-order valence-electron chi connectivity index (χ4n) is 3.36. The highest BCUT2D eigenvalue weighted by molar-refractivity contribution is 6.01. The van der Waals surface area contributed by atoms with E-state index in [-0.39, 0.29) is 5.91 Å². The summed E-state index contributed by atoms with van der Waals surface area (Å²) in [6.45, 7) is 10.1. The van der Waals surface area contributed by atoms with Gasteiger partial charge in [0.15, 0.2) is 0 Å². The van der Waals surface area contributed by atoms with Gasteiger partial charge in [-0.25, -0.2) is 9.97 Å². The Morgan fingerprint density at radius 3 is 2.67 bits per heavy atom. The smallest absolute Gasteiger partial charge is 0.247 e. The van der Waals surface area contributed by atoms with E-state index in [0.717, 1.165) is 57.2 Å². The molecule has 0 aliphatic carbocycles. The molecule has 0 atom stereocenters. The maximum absolute atomic E-state index is 11.7. The number of piperazine rings is 1. The van der Waals surface area contributed by atoms with Crippen molar-refractivity contribution in [3.8, 4) is 0 Å². The predicted molar refractivity (Wildman–Crippen MR) is 122 cm³/mol. The topological polar surface area (TPSA) is 76.6 Å². The lowest BCUT2D eigenvalue weighted by Crippen LogP contribution is -2.45. The minimum atomic E-state index is -0.257. The number of carbonyl (C=O) groups is 1. The first-order chi connectivity index (χ1) is 14.5. The van der Waals surface area contributed by atoms with Crippen LogP contribution in [0.25, 0.3) is 0 Å². The Balaban J connectivity index is 1.57. The van der Waals surface area contributed by atoms with Gasteiger partial charge in [-0.3, -0.25) is 4.79 Å². The van der Waals surface area contributed by atoms with Gasteiger partial charge in [-0.05, 0) is 38.2 Å². The number of hydrogen-bond donors (Lipinski definition) is 2. The van der Waals surface area contributed by atoms with Gasteiger partial charge in [-0.2, -0.15) is 0 Å². The molecule has 2 aromatic rings. The van der Waals surface area contributed by atoms with Crippen molar-refractivity contribution in [1.82, 2.24) is 19.8 Å². The molecule has 1 aromatic heterocycles. The Morgan fingerprint density at radius 2 is 1.93 bits per heavy atom. The zero-order valence-corrected chi connectivity index (χ0v) is 17.8. The van der Waals surface area contributed by atoms with E-state index in [1.807, 2.05) is 37.4 Å². The second-order valence-corrected chi connectivity index (χ2v) is 7.55. The summed E-state index contributed by atoms with van der Waals surface area (Å²) in [4.78, 5) is 27.4. The molecule has 1 saturated heterocycles. The van der Waals surface area contributed by atoms with Crippen molar-refractivity contribution in [3.05, 3.63) is 49.3 Å². The maximum atomic E-state index is 11.7. The summed E-state index contributed by atoms with van der Waals surface area (Å²) in [5.74, 6) is 1.28. The third kappa shape index (κ3) is 6.27. The van der Waals surface area contributed by atoms with Gasteiger partial charge in [0, 0.05) is 45.8 Å². The third-order valence-electron chi connectivity index (χ3n) is 5.24. The molecular formula is C22H31N7O. The summed E-state index contributed by atoms with van der Waals surface area (Å²) in [6, 6.07) is 9.40. The number of likely N-dealkylation sites (N-methyl/N-ethyl adjacent to an activating group) is 1. The molecule has 8 nitrogen and oxygen atoms in total. The number of aromatic nitrogens is 2. The minimum absolute atomic E-state index is 0.257. The molecule has 8 heteroatoms. The molecule has 0 saturated carbocycles. The first-order valence-corrected chi connectivity index (χ1v) is 10.3. The van der Waals surface area contributed by atoms with E-state index in [0.29, 0.717) is 11.5 Å². The van der Waals surface area contributed by atoms with E-state index in [4.69, 9.17) is 0 Å². The summed E-state index contributed by atoms with van der Waals surface area (Å²) < 4.78 is 0. The zero-order chi connectivity index (χ0) is 21.3. The third-order valence-corrected chi connectivity index (χ3v) is 5.24. The molecule has 1 fully saturated rings. The Hall–Kier alpha value is -2.97. The highest BCUT2D eigenvalue weighted by Gasteiger charge is 2.14. The monoisotopic (exact) mass is 409 g/mol. The van der Waals surface area contributed by atoms with E-state index >= 15 is 0 Å². The van der Waals surface area contributed by atoms with Crippen molar-refractivity contribution in [2.45, 2.75) is 6.42 Å². The fourth-order valence-corrected chi connectivity index (χ4v) is 3.36. The van der Waals surface area contributed by atoms with Gasteiger partial charge in [0.2, 0.25) is 5.91 Å². The van der Waals surface area contributed by atoms with Crippen LogP contribution in [0.15, 0.2) is 49.3 Å². The summed E-state index contributed by atoms with van der Waals surface area (Å²) in [5, 5.41) is 6.07. The molecule has 0 spiro atoms. The summed E-state index contributed by atoms with van der Waals surface area (Å²) in [6.07, 6.45) is 3.89. The maximum Gasteiger partial charge on any atom is 0.247 e. The van der Waals surface area contributed by atoms with Crippen LogP contribution in [0, 0.1) is 0 Å². The highest BCUT2D eigenvalue weighted by atomic mass is 16.1. The van der Waals surface area contributed by atoms with Crippen molar-refractivity contribution >= 4 is 28.9 Å². The number of nitrogens with zero attached hydrogens (tertiary/aromatic N) is 5. The zero-order valence-electron chi connectivity index (χ0n) is 17.8. The van der Waals surface area contributed by atoms with Crippen LogP contribution < -0.4 is 15.5 Å². The second-order valence-electron chi connectivity index (χ2n) is 7.55. The van der Waals surface area contributed by atoms with Crippen LogP contribution in [0.3, 0.4) is 0 Å². The van der Waals surface area contributed by atoms with E-state index in [1.54, 1.807) is 6.33 Å². The Bertz CT molecular complexity index is 849. The molecule has 0 radical (unpaired) electrons. The first-order valence-electron chi connectivity index (χ1n) is 10.3. The van der Waals surface area contributed by atoms with Crippen LogP contribution in [0.1, 0.15) is 6.42 Å². The van der Waals surface area contributed by atoms with E-state index in [9.17, 15) is 4.79 Å². The molecule has 1 aromatic carbocycles. The van der Waals surface area contributed by atoms with Gasteiger partial charge in [0.1, 0.15) is 18.0 Å². The lowest BCUT2D eigenvalue weighted by Gasteiger charge is -2.32. The average molecular weight is 410 g/mol. The van der Waals surface area contributed by atoms with Crippen LogP contribution in [0.5, 0.6) is 0 Å². The van der Waals surface area contributed by atoms with Gasteiger partial charge in [-0.15, -0.1) is 0 Å². The van der Waals surface area contributed by atoms with Gasteiger partial charge < -0.3 is 25.3 Å². The fraction of sp³-hybridized carbons (Fsp3) is 0.409. The second kappa shape index (κ2) is 10.7. The molecule has 2 heterocycles. The molecule has 1 aliphatic heterocycles. The number of para-hydroxylation sites is 2. The molecule has 1 amide bonds. The molecule has 2 N–H and O–H groups in total. The quantitative estimate of drug-likeness (QED) is 0.616. The lowest BCUT2D eigenvalue weighted by atomic mass is 10.2. The number of amides is 1. The minimum Gasteiger partial charge on any atom is -0.359 e. The van der Waals surface area contributed by atoms with E-state index in [1.165, 1.54) is 6.08 Å². The number of anilines is 4. The van der Waals surface area contributed by atoms with E-state index < -0.39 is 0 Å². The SMILES string of the molecule is C=CC(=O)Nc1ccccc1Nc1cc(N(C)CCCN2CCN(C)CC2)ncn1. The Morgan fingerprint density at radius 1 is 1.20 bits per heavy atom. The van der Waals surface area contributed by atoms with Crippen molar-refractivity contribution in [3.63, 3.8) is 0 Å².